The lowest BCUT2D eigenvalue weighted by Gasteiger charge is -2.06. The number of carboxylic acid groups (broad SMARTS) is 1. The summed E-state index contributed by atoms with van der Waals surface area (Å²) in [5.41, 5.74) is 2.20. The summed E-state index contributed by atoms with van der Waals surface area (Å²) in [5.74, 6) is -0.804. The molecule has 0 aliphatic rings. The molecule has 0 aliphatic heterocycles. The maximum Gasteiger partial charge on any atom is 0.337 e. The normalized spacial score (nSPS) is 10.7. The molecule has 0 aliphatic carbocycles. The molecule has 1 amide bonds. The number of carboxylic acids is 1. The maximum absolute atomic E-state index is 12.1. The van der Waals surface area contributed by atoms with Crippen molar-refractivity contribution in [1.29, 1.82) is 0 Å². The summed E-state index contributed by atoms with van der Waals surface area (Å²) in [6, 6.07) is 21.5. The molecule has 2 N–H and O–H groups in total. The highest BCUT2D eigenvalue weighted by Gasteiger charge is 2.10. The van der Waals surface area contributed by atoms with Crippen LogP contribution in [0.2, 0.25) is 5.02 Å². The van der Waals surface area contributed by atoms with Crippen LogP contribution in [0.15, 0.2) is 78.9 Å². The van der Waals surface area contributed by atoms with Gasteiger partial charge in [-0.2, -0.15) is 0 Å². The minimum Gasteiger partial charge on any atom is -0.489 e. The number of amides is 1. The molecule has 0 saturated carbocycles. The first-order chi connectivity index (χ1) is 14.0. The summed E-state index contributed by atoms with van der Waals surface area (Å²) in [6.45, 7) is 0.484. The number of hydrogen-bond donors (Lipinski definition) is 2. The molecule has 0 fully saturated rings. The Morgan fingerprint density at radius 2 is 1.72 bits per heavy atom. The maximum atomic E-state index is 12.1. The molecule has 146 valence electrons. The van der Waals surface area contributed by atoms with Gasteiger partial charge in [0.1, 0.15) is 12.4 Å². The molecule has 0 radical (unpaired) electrons. The second kappa shape index (κ2) is 9.57. The lowest BCUT2D eigenvalue weighted by atomic mass is 10.2. The second-order valence-corrected chi connectivity index (χ2v) is 6.57. The smallest absolute Gasteiger partial charge is 0.337 e. The molecule has 3 aromatic carbocycles. The number of benzene rings is 3. The van der Waals surface area contributed by atoms with Crippen molar-refractivity contribution in [3.63, 3.8) is 0 Å². The highest BCUT2D eigenvalue weighted by atomic mass is 35.5. The first-order valence-corrected chi connectivity index (χ1v) is 9.18. The molecule has 6 heteroatoms. The minimum absolute atomic E-state index is 0.0699. The van der Waals surface area contributed by atoms with Gasteiger partial charge in [-0.1, -0.05) is 54.1 Å². The van der Waals surface area contributed by atoms with Gasteiger partial charge in [0.25, 0.3) is 0 Å². The van der Waals surface area contributed by atoms with E-state index in [9.17, 15) is 9.59 Å². The van der Waals surface area contributed by atoms with Crippen molar-refractivity contribution < 1.29 is 19.4 Å². The van der Waals surface area contributed by atoms with E-state index in [0.29, 0.717) is 12.3 Å². The molecule has 3 aromatic rings. The molecule has 0 spiro atoms. The summed E-state index contributed by atoms with van der Waals surface area (Å²) in [7, 11) is 0. The van der Waals surface area contributed by atoms with E-state index in [2.05, 4.69) is 5.32 Å². The zero-order valence-electron chi connectivity index (χ0n) is 15.3. The van der Waals surface area contributed by atoms with Crippen molar-refractivity contribution in [3.05, 3.63) is 101 Å². The molecule has 0 heterocycles. The zero-order chi connectivity index (χ0) is 20.6. The summed E-state index contributed by atoms with van der Waals surface area (Å²) in [6.07, 6.45) is 3.03. The number of nitrogens with one attached hydrogen (secondary N) is 1. The second-order valence-electron chi connectivity index (χ2n) is 6.17. The van der Waals surface area contributed by atoms with E-state index < -0.39 is 5.97 Å². The first kappa shape index (κ1) is 20.2. The molecular weight excluding hydrogens is 390 g/mol. The Kier molecular flexibility index (Phi) is 6.66. The van der Waals surface area contributed by atoms with Crippen LogP contribution in [0.3, 0.4) is 0 Å². The van der Waals surface area contributed by atoms with Gasteiger partial charge >= 0.3 is 5.97 Å². The van der Waals surface area contributed by atoms with Crippen molar-refractivity contribution in [3.8, 4) is 5.75 Å². The van der Waals surface area contributed by atoms with Crippen LogP contribution in [0.4, 0.5) is 5.69 Å². The summed E-state index contributed by atoms with van der Waals surface area (Å²) in [4.78, 5) is 23.2. The zero-order valence-corrected chi connectivity index (χ0v) is 16.1. The molecule has 0 saturated heterocycles. The number of aromatic carboxylic acids is 1. The Morgan fingerprint density at radius 1 is 1.00 bits per heavy atom. The average molecular weight is 408 g/mol. The van der Waals surface area contributed by atoms with Crippen LogP contribution in [0, 0.1) is 0 Å². The standard InChI is InChI=1S/C23H18ClNO4/c24-21-12-9-18(14-20(21)23(27)28)25-22(26)13-8-16-6-10-19(11-7-16)29-15-17-4-2-1-3-5-17/h1-14H,15H2,(H,25,26)(H,27,28)/b13-8+. The van der Waals surface area contributed by atoms with Crippen molar-refractivity contribution in [1.82, 2.24) is 0 Å². The SMILES string of the molecule is O=C(/C=C/c1ccc(OCc2ccccc2)cc1)Nc1ccc(Cl)c(C(=O)O)c1. The number of hydrogen-bond acceptors (Lipinski definition) is 3. The fourth-order valence-corrected chi connectivity index (χ4v) is 2.74. The predicted octanol–water partition coefficient (Wildman–Crippen LogP) is 5.27. The Hall–Kier alpha value is -3.57. The van der Waals surface area contributed by atoms with E-state index in [-0.39, 0.29) is 16.5 Å². The van der Waals surface area contributed by atoms with Crippen molar-refractivity contribution in [2.24, 2.45) is 0 Å². The van der Waals surface area contributed by atoms with Crippen LogP contribution < -0.4 is 10.1 Å². The monoisotopic (exact) mass is 407 g/mol. The van der Waals surface area contributed by atoms with Crippen LogP contribution in [0.1, 0.15) is 21.5 Å². The third-order valence-electron chi connectivity index (χ3n) is 4.02. The van der Waals surface area contributed by atoms with Crippen molar-refractivity contribution >= 4 is 35.2 Å². The van der Waals surface area contributed by atoms with Gasteiger partial charge in [0.15, 0.2) is 0 Å². The average Bonchev–Trinajstić information content (AvgIpc) is 2.73. The largest absolute Gasteiger partial charge is 0.489 e. The van der Waals surface area contributed by atoms with Gasteiger partial charge in [0.05, 0.1) is 10.6 Å². The predicted molar refractivity (Wildman–Crippen MR) is 113 cm³/mol. The van der Waals surface area contributed by atoms with Gasteiger partial charge in [-0.15, -0.1) is 0 Å². The van der Waals surface area contributed by atoms with Gasteiger partial charge < -0.3 is 15.2 Å². The molecule has 0 aromatic heterocycles. The van der Waals surface area contributed by atoms with E-state index >= 15 is 0 Å². The molecule has 0 atom stereocenters. The fourth-order valence-electron chi connectivity index (χ4n) is 2.54. The lowest BCUT2D eigenvalue weighted by Crippen LogP contribution is -2.09. The number of carbonyl (C=O) groups excluding carboxylic acids is 1. The Labute approximate surface area is 173 Å². The molecule has 5 nitrogen and oxygen atoms in total. The van der Waals surface area contributed by atoms with Crippen LogP contribution >= 0.6 is 11.6 Å². The molecule has 0 unspecified atom stereocenters. The molecule has 0 bridgehead atoms. The number of anilines is 1. The highest BCUT2D eigenvalue weighted by molar-refractivity contribution is 6.33. The van der Waals surface area contributed by atoms with E-state index in [1.165, 1.54) is 18.2 Å². The third-order valence-corrected chi connectivity index (χ3v) is 4.35. The van der Waals surface area contributed by atoms with Gasteiger partial charge in [0, 0.05) is 11.8 Å². The van der Waals surface area contributed by atoms with Crippen LogP contribution in [-0.2, 0) is 11.4 Å². The minimum atomic E-state index is -1.16. The van der Waals surface area contributed by atoms with Crippen molar-refractivity contribution in [2.75, 3.05) is 5.32 Å². The van der Waals surface area contributed by atoms with Crippen molar-refractivity contribution in [2.45, 2.75) is 6.61 Å². The molecule has 3 rings (SSSR count). The van der Waals surface area contributed by atoms with E-state index in [0.717, 1.165) is 16.9 Å². The van der Waals surface area contributed by atoms with E-state index in [1.54, 1.807) is 12.1 Å². The summed E-state index contributed by atoms with van der Waals surface area (Å²) in [5, 5.41) is 11.8. The Balaban J connectivity index is 1.56. The van der Waals surface area contributed by atoms with Crippen LogP contribution in [0.5, 0.6) is 5.75 Å². The van der Waals surface area contributed by atoms with Gasteiger partial charge in [-0.25, -0.2) is 4.79 Å². The first-order valence-electron chi connectivity index (χ1n) is 8.80. The summed E-state index contributed by atoms with van der Waals surface area (Å²) >= 11 is 5.82. The van der Waals surface area contributed by atoms with Gasteiger partial charge in [0.2, 0.25) is 5.91 Å². The van der Waals surface area contributed by atoms with Gasteiger partial charge in [-0.3, -0.25) is 4.79 Å². The topological polar surface area (TPSA) is 75.6 Å². The Morgan fingerprint density at radius 3 is 2.41 bits per heavy atom. The summed E-state index contributed by atoms with van der Waals surface area (Å²) < 4.78 is 5.73. The molecular formula is C23H18ClNO4. The fraction of sp³-hybridized carbons (Fsp3) is 0.0435. The Bertz CT molecular complexity index is 1030. The van der Waals surface area contributed by atoms with E-state index in [1.807, 2.05) is 54.6 Å². The number of ether oxygens (including phenoxy) is 1. The van der Waals surface area contributed by atoms with Crippen LogP contribution in [0.25, 0.3) is 6.08 Å². The third kappa shape index (κ3) is 5.96. The quantitative estimate of drug-likeness (QED) is 0.523. The number of carbonyl (C=O) groups is 2. The lowest BCUT2D eigenvalue weighted by molar-refractivity contribution is -0.111. The van der Waals surface area contributed by atoms with Gasteiger partial charge in [-0.05, 0) is 47.5 Å². The van der Waals surface area contributed by atoms with E-state index in [4.69, 9.17) is 21.4 Å². The number of halogens is 1. The number of rotatable bonds is 7. The molecule has 29 heavy (non-hydrogen) atoms. The highest BCUT2D eigenvalue weighted by Crippen LogP contribution is 2.21. The van der Waals surface area contributed by atoms with Crippen LogP contribution in [-0.4, -0.2) is 17.0 Å².